The van der Waals surface area contributed by atoms with Crippen LogP contribution in [0.15, 0.2) is 52.6 Å². The number of carbonyl (C=O) groups is 3. The second kappa shape index (κ2) is 9.96. The lowest BCUT2D eigenvalue weighted by atomic mass is 10.2. The summed E-state index contributed by atoms with van der Waals surface area (Å²) in [6, 6.07) is 9.55. The summed E-state index contributed by atoms with van der Waals surface area (Å²) in [5, 5.41) is 2.54. The number of benzene rings is 1. The number of hydrogen-bond acceptors (Lipinski definition) is 7. The molecule has 1 aromatic carbocycles. The molecule has 0 saturated carbocycles. The lowest BCUT2D eigenvalue weighted by Gasteiger charge is -2.05. The fourth-order valence-corrected chi connectivity index (χ4v) is 2.17. The van der Waals surface area contributed by atoms with Crippen LogP contribution < -0.4 is 10.1 Å². The van der Waals surface area contributed by atoms with Crippen LogP contribution in [0.25, 0.3) is 0 Å². The first kappa shape index (κ1) is 20.8. The Morgan fingerprint density at radius 2 is 1.82 bits per heavy atom. The normalized spacial score (nSPS) is 10.9. The van der Waals surface area contributed by atoms with E-state index in [4.69, 9.17) is 13.9 Å². The van der Waals surface area contributed by atoms with Crippen LogP contribution >= 0.6 is 0 Å². The molecule has 0 aliphatic rings. The van der Waals surface area contributed by atoms with Gasteiger partial charge >= 0.3 is 11.9 Å². The highest BCUT2D eigenvalue weighted by molar-refractivity contribution is 5.93. The first-order valence-corrected chi connectivity index (χ1v) is 8.49. The van der Waals surface area contributed by atoms with Gasteiger partial charge in [0.15, 0.2) is 5.76 Å². The van der Waals surface area contributed by atoms with Crippen LogP contribution in [-0.4, -0.2) is 31.6 Å². The molecule has 0 unspecified atom stereocenters. The number of furan rings is 1. The molecule has 1 heterocycles. The molecule has 1 aromatic heterocycles. The smallest absolute Gasteiger partial charge is 0.337 e. The fraction of sp³-hybridized carbons (Fsp3) is 0.250. The van der Waals surface area contributed by atoms with Crippen molar-refractivity contribution in [2.24, 2.45) is 0 Å². The minimum Gasteiger partial charge on any atom is -0.486 e. The zero-order valence-corrected chi connectivity index (χ0v) is 15.8. The Hall–Kier alpha value is -3.55. The Kier molecular flexibility index (Phi) is 7.38. The van der Waals surface area contributed by atoms with Gasteiger partial charge in [0.25, 0.3) is 5.91 Å². The Morgan fingerprint density at radius 1 is 1.11 bits per heavy atom. The van der Waals surface area contributed by atoms with E-state index in [1.807, 2.05) is 0 Å². The average Bonchev–Trinajstić information content (AvgIpc) is 3.15. The van der Waals surface area contributed by atoms with Crippen molar-refractivity contribution in [2.75, 3.05) is 13.7 Å². The Bertz CT molecular complexity index is 865. The van der Waals surface area contributed by atoms with Crippen molar-refractivity contribution in [3.8, 4) is 5.75 Å². The molecule has 0 spiro atoms. The van der Waals surface area contributed by atoms with Crippen LogP contribution in [0.1, 0.15) is 40.5 Å². The fourth-order valence-electron chi connectivity index (χ4n) is 2.17. The van der Waals surface area contributed by atoms with Crippen LogP contribution in [-0.2, 0) is 20.9 Å². The minimum atomic E-state index is -0.535. The molecule has 1 N–H and O–H groups in total. The molecule has 0 fully saturated rings. The maximum Gasteiger partial charge on any atom is 0.337 e. The van der Waals surface area contributed by atoms with Gasteiger partial charge in [0.1, 0.15) is 18.1 Å². The monoisotopic (exact) mass is 387 g/mol. The third kappa shape index (κ3) is 6.01. The second-order valence-corrected chi connectivity index (χ2v) is 5.60. The van der Waals surface area contributed by atoms with E-state index in [9.17, 15) is 14.4 Å². The predicted molar refractivity (Wildman–Crippen MR) is 98.7 cm³/mol. The van der Waals surface area contributed by atoms with E-state index in [2.05, 4.69) is 10.1 Å². The highest BCUT2D eigenvalue weighted by atomic mass is 16.5. The molecule has 0 bridgehead atoms. The third-order valence-corrected chi connectivity index (χ3v) is 3.47. The Labute approximate surface area is 162 Å². The van der Waals surface area contributed by atoms with Gasteiger partial charge in [-0.25, -0.2) is 9.59 Å². The number of amides is 1. The summed E-state index contributed by atoms with van der Waals surface area (Å²) in [6.07, 6.45) is 1.19. The zero-order valence-electron chi connectivity index (χ0n) is 15.8. The summed E-state index contributed by atoms with van der Waals surface area (Å²) in [4.78, 5) is 34.9. The number of esters is 2. The molecule has 148 valence electrons. The average molecular weight is 387 g/mol. The van der Waals surface area contributed by atoms with Crippen molar-refractivity contribution in [3.05, 3.63) is 65.3 Å². The molecule has 2 rings (SSSR count). The maximum atomic E-state index is 12.1. The molecule has 28 heavy (non-hydrogen) atoms. The van der Waals surface area contributed by atoms with Gasteiger partial charge in [-0.2, -0.15) is 0 Å². The Morgan fingerprint density at radius 3 is 2.46 bits per heavy atom. The lowest BCUT2D eigenvalue weighted by molar-refractivity contribution is -0.137. The van der Waals surface area contributed by atoms with Crippen LogP contribution in [0, 0.1) is 0 Å². The number of nitrogens with one attached hydrogen (secondary N) is 1. The standard InChI is InChI=1S/C20H21NO7/c1-4-26-18(22)11-13(2)21-19(23)17-10-9-16(28-17)12-27-15-7-5-14(6-8-15)20(24)25-3/h5-11H,4,12H2,1-3H3,(H,21,23)/b13-11+. The molecular weight excluding hydrogens is 366 g/mol. The number of rotatable bonds is 8. The molecular formula is C20H21NO7. The molecule has 0 aliphatic carbocycles. The zero-order chi connectivity index (χ0) is 20.5. The SMILES string of the molecule is CCOC(=O)/C=C(\C)NC(=O)c1ccc(COc2ccc(C(=O)OC)cc2)o1. The van der Waals surface area contributed by atoms with Gasteiger partial charge in [-0.1, -0.05) is 0 Å². The van der Waals surface area contributed by atoms with Crippen molar-refractivity contribution in [2.45, 2.75) is 20.5 Å². The summed E-state index contributed by atoms with van der Waals surface area (Å²) in [5.41, 5.74) is 0.751. The first-order chi connectivity index (χ1) is 13.4. The highest BCUT2D eigenvalue weighted by Crippen LogP contribution is 2.16. The van der Waals surface area contributed by atoms with E-state index < -0.39 is 17.8 Å². The van der Waals surface area contributed by atoms with Crippen LogP contribution in [0.4, 0.5) is 0 Å². The number of hydrogen-bond donors (Lipinski definition) is 1. The lowest BCUT2D eigenvalue weighted by Crippen LogP contribution is -2.21. The molecule has 2 aromatic rings. The summed E-state index contributed by atoms with van der Waals surface area (Å²) >= 11 is 0. The van der Waals surface area contributed by atoms with Crippen molar-refractivity contribution in [3.63, 3.8) is 0 Å². The van der Waals surface area contributed by atoms with Gasteiger partial charge in [-0.05, 0) is 50.2 Å². The van der Waals surface area contributed by atoms with E-state index in [1.54, 1.807) is 44.2 Å². The maximum absolute atomic E-state index is 12.1. The largest absolute Gasteiger partial charge is 0.486 e. The van der Waals surface area contributed by atoms with Crippen LogP contribution in [0.5, 0.6) is 5.75 Å². The summed E-state index contributed by atoms with van der Waals surface area (Å²) in [6.45, 7) is 3.62. The summed E-state index contributed by atoms with van der Waals surface area (Å²) < 4.78 is 20.4. The van der Waals surface area contributed by atoms with Crippen molar-refractivity contribution in [1.82, 2.24) is 5.32 Å². The summed E-state index contributed by atoms with van der Waals surface area (Å²) in [7, 11) is 1.31. The van der Waals surface area contributed by atoms with E-state index in [0.29, 0.717) is 22.8 Å². The molecule has 1 amide bonds. The highest BCUT2D eigenvalue weighted by Gasteiger charge is 2.13. The van der Waals surface area contributed by atoms with E-state index in [1.165, 1.54) is 19.3 Å². The molecule has 0 aliphatic heterocycles. The number of ether oxygens (including phenoxy) is 3. The molecule has 8 nitrogen and oxygen atoms in total. The van der Waals surface area contributed by atoms with E-state index in [-0.39, 0.29) is 19.0 Å². The quantitative estimate of drug-likeness (QED) is 0.549. The van der Waals surface area contributed by atoms with Crippen molar-refractivity contribution >= 4 is 17.8 Å². The molecule has 0 radical (unpaired) electrons. The van der Waals surface area contributed by atoms with Crippen molar-refractivity contribution < 1.29 is 33.0 Å². The summed E-state index contributed by atoms with van der Waals surface area (Å²) in [5.74, 6) is -0.409. The Balaban J connectivity index is 1.90. The van der Waals surface area contributed by atoms with Crippen LogP contribution in [0.3, 0.4) is 0 Å². The van der Waals surface area contributed by atoms with Crippen LogP contribution in [0.2, 0.25) is 0 Å². The van der Waals surface area contributed by atoms with Gasteiger partial charge in [0.05, 0.1) is 19.3 Å². The van der Waals surface area contributed by atoms with Gasteiger partial charge in [0.2, 0.25) is 0 Å². The third-order valence-electron chi connectivity index (χ3n) is 3.47. The van der Waals surface area contributed by atoms with Gasteiger partial charge in [0, 0.05) is 11.8 Å². The predicted octanol–water partition coefficient (Wildman–Crippen LogP) is 2.84. The van der Waals surface area contributed by atoms with E-state index in [0.717, 1.165) is 0 Å². The molecule has 8 heteroatoms. The van der Waals surface area contributed by atoms with E-state index >= 15 is 0 Å². The number of carbonyl (C=O) groups excluding carboxylic acids is 3. The minimum absolute atomic E-state index is 0.0799. The van der Waals surface area contributed by atoms with Gasteiger partial charge < -0.3 is 23.9 Å². The first-order valence-electron chi connectivity index (χ1n) is 8.49. The topological polar surface area (TPSA) is 104 Å². The molecule has 0 saturated heterocycles. The van der Waals surface area contributed by atoms with Gasteiger partial charge in [-0.15, -0.1) is 0 Å². The number of allylic oxidation sites excluding steroid dienone is 1. The second-order valence-electron chi connectivity index (χ2n) is 5.60. The number of methoxy groups -OCH3 is 1. The van der Waals surface area contributed by atoms with Gasteiger partial charge in [-0.3, -0.25) is 4.79 Å². The molecule has 0 atom stereocenters. The van der Waals surface area contributed by atoms with Crippen molar-refractivity contribution in [1.29, 1.82) is 0 Å².